The van der Waals surface area contributed by atoms with Gasteiger partial charge in [-0.3, -0.25) is 4.79 Å². The van der Waals surface area contributed by atoms with Gasteiger partial charge >= 0.3 is 0 Å². The minimum Gasteiger partial charge on any atom is -0.322 e. The molecule has 2 aromatic carbocycles. The molecule has 8 heteroatoms. The Morgan fingerprint density at radius 3 is 2.57 bits per heavy atom. The average Bonchev–Trinajstić information content (AvgIpc) is 2.88. The molecule has 0 atom stereocenters. The fraction of sp³-hybridized carbons (Fsp3) is 0.0667. The number of anilines is 1. The van der Waals surface area contributed by atoms with Crippen molar-refractivity contribution in [1.82, 2.24) is 4.98 Å². The molecule has 118 valence electrons. The smallest absolute Gasteiger partial charge is 0.258 e. The second-order valence-corrected chi connectivity index (χ2v) is 5.95. The number of halogens is 4. The largest absolute Gasteiger partial charge is 0.322 e. The van der Waals surface area contributed by atoms with Gasteiger partial charge in [-0.05, 0) is 31.2 Å². The van der Waals surface area contributed by atoms with Gasteiger partial charge in [-0.25, -0.2) is 22.5 Å². The van der Waals surface area contributed by atoms with Crippen LogP contribution in [0.25, 0.3) is 10.2 Å². The van der Waals surface area contributed by atoms with E-state index in [1.807, 2.05) is 6.92 Å². The van der Waals surface area contributed by atoms with E-state index in [9.17, 15) is 22.4 Å². The maximum Gasteiger partial charge on any atom is 0.258 e. The third-order valence-electron chi connectivity index (χ3n) is 3.10. The highest BCUT2D eigenvalue weighted by molar-refractivity contribution is 7.18. The number of hydrogen-bond donors (Lipinski definition) is 1. The number of thiazole rings is 1. The van der Waals surface area contributed by atoms with Crippen molar-refractivity contribution in [2.45, 2.75) is 6.92 Å². The molecule has 23 heavy (non-hydrogen) atoms. The molecule has 1 heterocycles. The first-order valence-electron chi connectivity index (χ1n) is 6.38. The summed E-state index contributed by atoms with van der Waals surface area (Å²) in [4.78, 5) is 16.2. The van der Waals surface area contributed by atoms with Crippen molar-refractivity contribution in [2.24, 2.45) is 0 Å². The zero-order valence-electron chi connectivity index (χ0n) is 11.6. The van der Waals surface area contributed by atoms with E-state index in [2.05, 4.69) is 10.3 Å². The van der Waals surface area contributed by atoms with Crippen LogP contribution in [0.4, 0.5) is 23.2 Å². The molecular formula is C15H8F4N2OS. The second-order valence-electron chi connectivity index (χ2n) is 4.72. The van der Waals surface area contributed by atoms with Gasteiger partial charge in [0.15, 0.2) is 23.3 Å². The highest BCUT2D eigenvalue weighted by Gasteiger charge is 2.23. The number of aromatic nitrogens is 1. The summed E-state index contributed by atoms with van der Waals surface area (Å²) in [6.07, 6.45) is 0. The first-order valence-corrected chi connectivity index (χ1v) is 7.20. The van der Waals surface area contributed by atoms with E-state index in [1.165, 1.54) is 17.4 Å². The van der Waals surface area contributed by atoms with Crippen LogP contribution in [0.15, 0.2) is 24.3 Å². The summed E-state index contributed by atoms with van der Waals surface area (Å²) >= 11 is 1.39. The summed E-state index contributed by atoms with van der Waals surface area (Å²) < 4.78 is 53.6. The Morgan fingerprint density at radius 2 is 1.83 bits per heavy atom. The van der Waals surface area contributed by atoms with E-state index < -0.39 is 34.7 Å². The predicted molar refractivity (Wildman–Crippen MR) is 78.6 cm³/mol. The van der Waals surface area contributed by atoms with Crippen molar-refractivity contribution in [1.29, 1.82) is 0 Å². The lowest BCUT2D eigenvalue weighted by Crippen LogP contribution is -2.16. The van der Waals surface area contributed by atoms with Gasteiger partial charge in [0.25, 0.3) is 5.91 Å². The molecule has 0 saturated heterocycles. The minimum atomic E-state index is -2.02. The van der Waals surface area contributed by atoms with Gasteiger partial charge in [-0.1, -0.05) is 0 Å². The number of amides is 1. The van der Waals surface area contributed by atoms with E-state index in [1.54, 1.807) is 12.1 Å². The Morgan fingerprint density at radius 1 is 1.09 bits per heavy atom. The molecule has 3 rings (SSSR count). The third-order valence-corrected chi connectivity index (χ3v) is 4.03. The quantitative estimate of drug-likeness (QED) is 0.426. The summed E-state index contributed by atoms with van der Waals surface area (Å²) in [6, 6.07) is 5.09. The number of benzene rings is 2. The molecular weight excluding hydrogens is 332 g/mol. The maximum absolute atomic E-state index is 13.6. The lowest BCUT2D eigenvalue weighted by Gasteiger charge is -2.07. The highest BCUT2D eigenvalue weighted by Crippen LogP contribution is 2.25. The molecule has 0 radical (unpaired) electrons. The van der Waals surface area contributed by atoms with Gasteiger partial charge < -0.3 is 5.32 Å². The molecule has 0 aliphatic carbocycles. The Bertz CT molecular complexity index is 939. The molecule has 1 amide bonds. The monoisotopic (exact) mass is 340 g/mol. The van der Waals surface area contributed by atoms with Crippen LogP contribution in [0.5, 0.6) is 0 Å². The lowest BCUT2D eigenvalue weighted by atomic mass is 10.1. The number of nitrogens with zero attached hydrogens (tertiary/aromatic N) is 1. The highest BCUT2D eigenvalue weighted by atomic mass is 32.1. The van der Waals surface area contributed by atoms with Gasteiger partial charge in [-0.2, -0.15) is 0 Å². The fourth-order valence-corrected chi connectivity index (χ4v) is 2.92. The van der Waals surface area contributed by atoms with Crippen molar-refractivity contribution < 1.29 is 22.4 Å². The normalized spacial score (nSPS) is 11.0. The molecule has 0 unspecified atom stereocenters. The Hall–Kier alpha value is -2.48. The summed E-state index contributed by atoms with van der Waals surface area (Å²) in [7, 11) is 0. The molecule has 1 aromatic heterocycles. The van der Waals surface area contributed by atoms with Crippen LogP contribution in [0, 0.1) is 30.2 Å². The van der Waals surface area contributed by atoms with E-state index in [0.29, 0.717) is 11.8 Å². The topological polar surface area (TPSA) is 42.0 Å². The minimum absolute atomic E-state index is 0.302. The van der Waals surface area contributed by atoms with E-state index >= 15 is 0 Å². The molecule has 0 spiro atoms. The number of hydrogen-bond acceptors (Lipinski definition) is 3. The Balaban J connectivity index is 1.94. The third kappa shape index (κ3) is 2.77. The van der Waals surface area contributed by atoms with Crippen LogP contribution in [0.3, 0.4) is 0 Å². The standard InChI is InChI=1S/C15H8F4N2OS/c1-6-20-10-3-2-7(4-11(10)23-6)21-15(22)8-5-9(16)13(18)14(19)12(8)17/h2-5H,1H3,(H,21,22). The number of aryl methyl sites for hydroxylation is 1. The van der Waals surface area contributed by atoms with Crippen LogP contribution in [0.2, 0.25) is 0 Å². The molecule has 3 nitrogen and oxygen atoms in total. The number of carbonyl (C=O) groups excluding carboxylic acids is 1. The maximum atomic E-state index is 13.6. The van der Waals surface area contributed by atoms with E-state index in [-0.39, 0.29) is 0 Å². The number of fused-ring (bicyclic) bond motifs is 1. The first kappa shape index (κ1) is 15.4. The van der Waals surface area contributed by atoms with Gasteiger partial charge in [0.05, 0.1) is 20.8 Å². The summed E-state index contributed by atoms with van der Waals surface area (Å²) in [5.41, 5.74) is 0.119. The predicted octanol–water partition coefficient (Wildman–Crippen LogP) is 4.41. The zero-order valence-corrected chi connectivity index (χ0v) is 12.4. The van der Waals surface area contributed by atoms with Crippen LogP contribution in [0.1, 0.15) is 15.4 Å². The molecule has 3 aromatic rings. The van der Waals surface area contributed by atoms with Crippen LogP contribution >= 0.6 is 11.3 Å². The van der Waals surface area contributed by atoms with Crippen molar-refractivity contribution >= 4 is 33.1 Å². The van der Waals surface area contributed by atoms with Crippen molar-refractivity contribution in [2.75, 3.05) is 5.32 Å². The molecule has 0 aliphatic heterocycles. The van der Waals surface area contributed by atoms with E-state index in [0.717, 1.165) is 15.2 Å². The number of rotatable bonds is 2. The van der Waals surface area contributed by atoms with Crippen molar-refractivity contribution in [3.05, 3.63) is 58.1 Å². The fourth-order valence-electron chi connectivity index (χ4n) is 2.05. The van der Waals surface area contributed by atoms with E-state index in [4.69, 9.17) is 0 Å². The van der Waals surface area contributed by atoms with Crippen molar-refractivity contribution in [3.8, 4) is 0 Å². The van der Waals surface area contributed by atoms with Gasteiger partial charge in [0.1, 0.15) is 0 Å². The molecule has 0 fully saturated rings. The lowest BCUT2D eigenvalue weighted by molar-refractivity contribution is 0.102. The second kappa shape index (κ2) is 5.62. The van der Waals surface area contributed by atoms with Gasteiger partial charge in [0, 0.05) is 5.69 Å². The van der Waals surface area contributed by atoms with Crippen LogP contribution in [-0.2, 0) is 0 Å². The molecule has 1 N–H and O–H groups in total. The van der Waals surface area contributed by atoms with Crippen LogP contribution < -0.4 is 5.32 Å². The zero-order chi connectivity index (χ0) is 16.7. The SMILES string of the molecule is Cc1nc2ccc(NC(=O)c3cc(F)c(F)c(F)c3F)cc2s1. The summed E-state index contributed by atoms with van der Waals surface area (Å²) in [6.45, 7) is 1.82. The summed E-state index contributed by atoms with van der Waals surface area (Å²) in [5, 5.41) is 3.15. The Kier molecular flexibility index (Phi) is 3.77. The molecule has 0 bridgehead atoms. The Labute approximate surface area is 131 Å². The first-order chi connectivity index (χ1) is 10.9. The number of nitrogens with one attached hydrogen (secondary N) is 1. The van der Waals surface area contributed by atoms with Crippen LogP contribution in [-0.4, -0.2) is 10.9 Å². The van der Waals surface area contributed by atoms with Crippen molar-refractivity contribution in [3.63, 3.8) is 0 Å². The van der Waals surface area contributed by atoms with Gasteiger partial charge in [0.2, 0.25) is 0 Å². The average molecular weight is 340 g/mol. The molecule has 0 saturated carbocycles. The molecule has 0 aliphatic rings. The summed E-state index contributed by atoms with van der Waals surface area (Å²) in [5.74, 6) is -8.44. The number of carbonyl (C=O) groups is 1. The van der Waals surface area contributed by atoms with Gasteiger partial charge in [-0.15, -0.1) is 11.3 Å².